The predicted octanol–water partition coefficient (Wildman–Crippen LogP) is 5.40. The van der Waals surface area contributed by atoms with Crippen LogP contribution in [0.3, 0.4) is 0 Å². The number of hydrogen-bond acceptors (Lipinski definition) is 3. The van der Waals surface area contributed by atoms with Crippen molar-refractivity contribution < 1.29 is 0 Å². The van der Waals surface area contributed by atoms with E-state index in [1.54, 1.807) is 0 Å². The third-order valence-electron chi connectivity index (χ3n) is 5.22. The topological polar surface area (TPSA) is 37.0 Å². The normalized spacial score (nSPS) is 20.2. The van der Waals surface area contributed by atoms with Crippen LogP contribution in [0.4, 0.5) is 5.69 Å². The molecule has 26 heavy (non-hydrogen) atoms. The number of rotatable bonds is 5. The van der Waals surface area contributed by atoms with Crippen LogP contribution >= 0.6 is 11.6 Å². The second-order valence-corrected chi connectivity index (χ2v) is 7.46. The maximum Gasteiger partial charge on any atom is 0.0737 e. The van der Waals surface area contributed by atoms with Crippen LogP contribution in [0.15, 0.2) is 60.8 Å². The quantitative estimate of drug-likeness (QED) is 0.635. The number of pyridine rings is 1. The summed E-state index contributed by atoms with van der Waals surface area (Å²) in [5.41, 5.74) is 3.41. The van der Waals surface area contributed by atoms with Gasteiger partial charge in [0.25, 0.3) is 0 Å². The van der Waals surface area contributed by atoms with E-state index in [9.17, 15) is 0 Å². The number of halogens is 1. The molecule has 3 aromatic rings. The van der Waals surface area contributed by atoms with Crippen molar-refractivity contribution in [3.63, 3.8) is 0 Å². The molecule has 0 bridgehead atoms. The van der Waals surface area contributed by atoms with Gasteiger partial charge in [-0.3, -0.25) is 4.98 Å². The minimum atomic E-state index is 0.425. The fourth-order valence-corrected chi connectivity index (χ4v) is 4.01. The molecule has 1 saturated carbocycles. The van der Waals surface area contributed by atoms with Crippen LogP contribution in [0.2, 0.25) is 5.02 Å². The number of nitrogens with zero attached hydrogens (tertiary/aromatic N) is 1. The van der Waals surface area contributed by atoms with Gasteiger partial charge in [-0.15, -0.1) is 0 Å². The van der Waals surface area contributed by atoms with E-state index in [0.29, 0.717) is 12.1 Å². The summed E-state index contributed by atoms with van der Waals surface area (Å²) >= 11 is 6.12. The number of hydrogen-bond donors (Lipinski definition) is 2. The Kier molecular flexibility index (Phi) is 5.37. The van der Waals surface area contributed by atoms with Crippen molar-refractivity contribution in [1.29, 1.82) is 0 Å². The largest absolute Gasteiger partial charge is 0.380 e. The first kappa shape index (κ1) is 17.3. The first-order chi connectivity index (χ1) is 12.8. The van der Waals surface area contributed by atoms with Gasteiger partial charge in [0, 0.05) is 40.9 Å². The van der Waals surface area contributed by atoms with Gasteiger partial charge in [0.05, 0.1) is 5.52 Å². The molecule has 1 aromatic heterocycles. The molecular formula is C22H24ClN3. The molecule has 3 nitrogen and oxygen atoms in total. The fourth-order valence-electron chi connectivity index (χ4n) is 3.84. The summed E-state index contributed by atoms with van der Waals surface area (Å²) in [6, 6.07) is 19.5. The van der Waals surface area contributed by atoms with Gasteiger partial charge in [0.15, 0.2) is 0 Å². The van der Waals surface area contributed by atoms with E-state index in [2.05, 4.69) is 58.1 Å². The number of benzene rings is 2. The van der Waals surface area contributed by atoms with Gasteiger partial charge in [-0.1, -0.05) is 54.8 Å². The lowest BCUT2D eigenvalue weighted by atomic mass is 9.89. The monoisotopic (exact) mass is 365 g/mol. The number of aromatic nitrogens is 1. The van der Waals surface area contributed by atoms with E-state index in [1.807, 2.05) is 18.3 Å². The lowest BCUT2D eigenvalue weighted by Crippen LogP contribution is -2.45. The minimum Gasteiger partial charge on any atom is -0.380 e. The Morgan fingerprint density at radius 1 is 0.962 bits per heavy atom. The molecule has 0 radical (unpaired) electrons. The molecule has 0 unspecified atom stereocenters. The number of fused-ring (bicyclic) bond motifs is 1. The molecule has 2 atom stereocenters. The molecule has 0 spiro atoms. The molecular weight excluding hydrogens is 342 g/mol. The van der Waals surface area contributed by atoms with E-state index in [4.69, 9.17) is 11.6 Å². The smallest absolute Gasteiger partial charge is 0.0737 e. The summed E-state index contributed by atoms with van der Waals surface area (Å²) < 4.78 is 0. The summed E-state index contributed by atoms with van der Waals surface area (Å²) in [5.74, 6) is 0. The first-order valence-electron chi connectivity index (χ1n) is 9.38. The van der Waals surface area contributed by atoms with Crippen molar-refractivity contribution in [1.82, 2.24) is 10.3 Å². The predicted molar refractivity (Wildman–Crippen MR) is 110 cm³/mol. The van der Waals surface area contributed by atoms with Crippen LogP contribution in [-0.4, -0.2) is 17.1 Å². The van der Waals surface area contributed by atoms with Crippen LogP contribution in [0, 0.1) is 0 Å². The van der Waals surface area contributed by atoms with E-state index in [0.717, 1.165) is 28.2 Å². The Labute approximate surface area is 159 Å². The van der Waals surface area contributed by atoms with Crippen molar-refractivity contribution in [2.45, 2.75) is 44.3 Å². The highest BCUT2D eigenvalue weighted by Gasteiger charge is 2.25. The molecule has 0 aliphatic heterocycles. The van der Waals surface area contributed by atoms with Gasteiger partial charge < -0.3 is 10.6 Å². The lowest BCUT2D eigenvalue weighted by molar-refractivity contribution is 0.342. The average molecular weight is 366 g/mol. The van der Waals surface area contributed by atoms with Gasteiger partial charge in [0.1, 0.15) is 0 Å². The summed E-state index contributed by atoms with van der Waals surface area (Å²) in [6.45, 7) is 0.913. The minimum absolute atomic E-state index is 0.425. The molecule has 2 aromatic carbocycles. The van der Waals surface area contributed by atoms with E-state index in [1.165, 1.54) is 31.2 Å². The zero-order valence-corrected chi connectivity index (χ0v) is 15.5. The second kappa shape index (κ2) is 8.07. The molecule has 2 N–H and O–H groups in total. The lowest BCUT2D eigenvalue weighted by Gasteiger charge is -2.34. The van der Waals surface area contributed by atoms with E-state index in [-0.39, 0.29) is 0 Å². The van der Waals surface area contributed by atoms with Crippen molar-refractivity contribution in [2.75, 3.05) is 5.32 Å². The first-order valence-corrected chi connectivity index (χ1v) is 9.75. The highest BCUT2D eigenvalue weighted by atomic mass is 35.5. The zero-order chi connectivity index (χ0) is 17.8. The van der Waals surface area contributed by atoms with Crippen LogP contribution in [-0.2, 0) is 6.54 Å². The highest BCUT2D eigenvalue weighted by molar-refractivity contribution is 6.31. The average Bonchev–Trinajstić information content (AvgIpc) is 2.68. The Morgan fingerprint density at radius 2 is 1.77 bits per heavy atom. The number of anilines is 1. The van der Waals surface area contributed by atoms with Crippen LogP contribution in [0.25, 0.3) is 10.9 Å². The Hall–Kier alpha value is -2.10. The van der Waals surface area contributed by atoms with Crippen molar-refractivity contribution >= 4 is 28.2 Å². The standard InChI is InChI=1S/C22H24ClN3/c23-17-10-11-18-19(12-13-24-22(18)14-17)26-21-9-5-4-8-20(21)25-15-16-6-2-1-3-7-16/h1-3,6-7,10-14,20-21,25H,4-5,8-9,15H2,(H,24,26)/t20-,21-/m0/s1. The van der Waals surface area contributed by atoms with Gasteiger partial charge in [-0.2, -0.15) is 0 Å². The zero-order valence-electron chi connectivity index (χ0n) is 14.8. The summed E-state index contributed by atoms with van der Waals surface area (Å²) in [5, 5.41) is 9.40. The SMILES string of the molecule is Clc1ccc2c(N[C@H]3CCCC[C@@H]3NCc3ccccc3)ccnc2c1. The van der Waals surface area contributed by atoms with E-state index < -0.39 is 0 Å². The molecule has 0 amide bonds. The molecule has 1 aliphatic carbocycles. The van der Waals surface area contributed by atoms with Crippen molar-refractivity contribution in [3.05, 3.63) is 71.4 Å². The molecule has 0 saturated heterocycles. The summed E-state index contributed by atoms with van der Waals surface area (Å²) in [6.07, 6.45) is 6.81. The summed E-state index contributed by atoms with van der Waals surface area (Å²) in [7, 11) is 0. The third-order valence-corrected chi connectivity index (χ3v) is 5.46. The number of nitrogens with one attached hydrogen (secondary N) is 2. The van der Waals surface area contributed by atoms with Crippen molar-refractivity contribution in [3.8, 4) is 0 Å². The molecule has 4 rings (SSSR count). The summed E-state index contributed by atoms with van der Waals surface area (Å²) in [4.78, 5) is 4.45. The molecule has 1 aliphatic rings. The van der Waals surface area contributed by atoms with Crippen LogP contribution < -0.4 is 10.6 Å². The second-order valence-electron chi connectivity index (χ2n) is 7.03. The molecule has 134 valence electrons. The maximum absolute atomic E-state index is 6.12. The molecule has 1 fully saturated rings. The Balaban J connectivity index is 1.50. The Bertz CT molecular complexity index is 866. The van der Waals surface area contributed by atoms with E-state index >= 15 is 0 Å². The molecule has 4 heteroatoms. The third kappa shape index (κ3) is 4.00. The van der Waals surface area contributed by atoms with Crippen molar-refractivity contribution in [2.24, 2.45) is 0 Å². The van der Waals surface area contributed by atoms with Gasteiger partial charge >= 0.3 is 0 Å². The van der Waals surface area contributed by atoms with Crippen LogP contribution in [0.1, 0.15) is 31.2 Å². The maximum atomic E-state index is 6.12. The molecule has 1 heterocycles. The van der Waals surface area contributed by atoms with Gasteiger partial charge in [0.2, 0.25) is 0 Å². The highest BCUT2D eigenvalue weighted by Crippen LogP contribution is 2.28. The fraction of sp³-hybridized carbons (Fsp3) is 0.318. The van der Waals surface area contributed by atoms with Gasteiger partial charge in [-0.25, -0.2) is 0 Å². The van der Waals surface area contributed by atoms with Gasteiger partial charge in [-0.05, 0) is 42.7 Å². The van der Waals surface area contributed by atoms with Crippen LogP contribution in [0.5, 0.6) is 0 Å². The Morgan fingerprint density at radius 3 is 2.62 bits per heavy atom.